The molecule has 0 aromatic carbocycles. The molecule has 8 nitrogen and oxygen atoms in total. The first kappa shape index (κ1) is 27.1. The van der Waals surface area contributed by atoms with Gasteiger partial charge in [0.2, 0.25) is 11.8 Å². The third-order valence-electron chi connectivity index (χ3n) is 7.33. The topological polar surface area (TPSA) is 96.4 Å². The summed E-state index contributed by atoms with van der Waals surface area (Å²) in [5, 5.41) is 9.06. The van der Waals surface area contributed by atoms with Gasteiger partial charge in [-0.3, -0.25) is 14.4 Å². The molecule has 0 saturated carbocycles. The van der Waals surface area contributed by atoms with Crippen molar-refractivity contribution >= 4 is 33.7 Å². The monoisotopic (exact) mass is 542 g/mol. The Hall–Kier alpha value is -1.45. The molecular formula is C25H39BrN2O6. The minimum absolute atomic E-state index is 0.130. The molecule has 3 rings (SSSR count). The Morgan fingerprint density at radius 3 is 2.68 bits per heavy atom. The number of aliphatic hydroxyl groups excluding tert-OH is 1. The maximum atomic E-state index is 14.0. The zero-order valence-electron chi connectivity index (χ0n) is 20.4. The maximum absolute atomic E-state index is 14.0. The summed E-state index contributed by atoms with van der Waals surface area (Å²) in [5.74, 6) is -2.18. The molecule has 3 heterocycles. The molecular weight excluding hydrogens is 504 g/mol. The van der Waals surface area contributed by atoms with Crippen LogP contribution in [0.1, 0.15) is 58.8 Å². The minimum atomic E-state index is -1.04. The fourth-order valence-electron chi connectivity index (χ4n) is 5.87. The van der Waals surface area contributed by atoms with Crippen LogP contribution in [0.3, 0.4) is 0 Å². The highest BCUT2D eigenvalue weighted by Crippen LogP contribution is 2.60. The summed E-state index contributed by atoms with van der Waals surface area (Å²) < 4.78 is 11.8. The largest absolute Gasteiger partial charge is 0.466 e. The van der Waals surface area contributed by atoms with Gasteiger partial charge >= 0.3 is 5.97 Å². The number of hydrogen-bond donors (Lipinski definition) is 1. The summed E-state index contributed by atoms with van der Waals surface area (Å²) in [7, 11) is 0. The van der Waals surface area contributed by atoms with Crippen LogP contribution in [-0.4, -0.2) is 88.1 Å². The van der Waals surface area contributed by atoms with E-state index in [0.717, 1.165) is 32.1 Å². The van der Waals surface area contributed by atoms with E-state index in [1.807, 2.05) is 0 Å². The zero-order chi connectivity index (χ0) is 24.9. The van der Waals surface area contributed by atoms with E-state index >= 15 is 0 Å². The lowest BCUT2D eigenvalue weighted by molar-refractivity contribution is -0.154. The number of hydrogen-bond acceptors (Lipinski definition) is 6. The van der Waals surface area contributed by atoms with Crippen LogP contribution in [0.4, 0.5) is 0 Å². The van der Waals surface area contributed by atoms with Gasteiger partial charge in [-0.05, 0) is 32.6 Å². The highest BCUT2D eigenvalue weighted by atomic mass is 79.9. The fourth-order valence-corrected chi connectivity index (χ4v) is 6.82. The molecule has 192 valence electrons. The number of unbranched alkanes of at least 4 members (excludes halogenated alkanes) is 4. The van der Waals surface area contributed by atoms with Crippen LogP contribution in [0.25, 0.3) is 0 Å². The second kappa shape index (κ2) is 12.0. The zero-order valence-corrected chi connectivity index (χ0v) is 22.0. The Bertz CT molecular complexity index is 764. The molecule has 0 aromatic heterocycles. The van der Waals surface area contributed by atoms with Crippen molar-refractivity contribution < 1.29 is 29.0 Å². The first-order valence-electron chi connectivity index (χ1n) is 12.7. The molecule has 34 heavy (non-hydrogen) atoms. The molecule has 2 bridgehead atoms. The van der Waals surface area contributed by atoms with Crippen LogP contribution in [-0.2, 0) is 23.9 Å². The number of carbonyl (C=O) groups is 3. The number of likely N-dealkylation sites (tertiary alicyclic amines) is 1. The number of aliphatic hydroxyl groups is 1. The van der Waals surface area contributed by atoms with Crippen molar-refractivity contribution in [1.82, 2.24) is 9.80 Å². The van der Waals surface area contributed by atoms with E-state index in [9.17, 15) is 14.4 Å². The van der Waals surface area contributed by atoms with E-state index in [1.54, 1.807) is 22.8 Å². The Labute approximate surface area is 211 Å². The Morgan fingerprint density at radius 2 is 2.03 bits per heavy atom. The van der Waals surface area contributed by atoms with Crippen LogP contribution in [0.15, 0.2) is 12.7 Å². The smallest absolute Gasteiger partial charge is 0.312 e. The molecule has 3 fully saturated rings. The summed E-state index contributed by atoms with van der Waals surface area (Å²) in [6, 6.07) is -0.774. The summed E-state index contributed by atoms with van der Waals surface area (Å²) >= 11 is 3.67. The van der Waals surface area contributed by atoms with Crippen molar-refractivity contribution in [2.75, 3.05) is 32.8 Å². The van der Waals surface area contributed by atoms with E-state index in [1.165, 1.54) is 0 Å². The van der Waals surface area contributed by atoms with Gasteiger partial charge in [0, 0.05) is 31.1 Å². The number of rotatable bonds is 14. The van der Waals surface area contributed by atoms with Crippen molar-refractivity contribution in [2.45, 2.75) is 81.4 Å². The highest BCUT2D eigenvalue weighted by molar-refractivity contribution is 9.09. The number of ether oxygens (including phenoxy) is 2. The summed E-state index contributed by atoms with van der Waals surface area (Å²) in [6.07, 6.45) is 6.66. The van der Waals surface area contributed by atoms with Gasteiger partial charge in [0.15, 0.2) is 0 Å². The van der Waals surface area contributed by atoms with Crippen LogP contribution in [0.5, 0.6) is 0 Å². The van der Waals surface area contributed by atoms with E-state index in [4.69, 9.17) is 14.6 Å². The number of nitrogens with zero attached hydrogens (tertiary/aromatic N) is 2. The molecule has 1 N–H and O–H groups in total. The Balaban J connectivity index is 1.95. The lowest BCUT2D eigenvalue weighted by atomic mass is 9.70. The van der Waals surface area contributed by atoms with E-state index in [0.29, 0.717) is 32.5 Å². The lowest BCUT2D eigenvalue weighted by Crippen LogP contribution is -2.57. The quantitative estimate of drug-likeness (QED) is 0.157. The molecule has 0 aliphatic carbocycles. The summed E-state index contributed by atoms with van der Waals surface area (Å²) in [4.78, 5) is 44.1. The SMILES string of the molecule is C=CCN(CCCC)C(=O)[C@H]1N(CCCCCCO)C(=O)[C@@H]2[C@@H](C(=O)OCC)[C@@H]3O[C@@]21CC3Br. The van der Waals surface area contributed by atoms with Gasteiger partial charge in [-0.15, -0.1) is 6.58 Å². The molecule has 6 atom stereocenters. The van der Waals surface area contributed by atoms with Crippen molar-refractivity contribution in [2.24, 2.45) is 11.8 Å². The number of esters is 1. The average molecular weight is 543 g/mol. The second-order valence-corrected chi connectivity index (χ2v) is 10.7. The standard InChI is InChI=1S/C25H39BrN2O6/c1-4-7-13-27(12-5-2)23(31)21-25-16-17(26)20(34-25)18(24(32)33-6-3)19(25)22(30)28(21)14-10-8-9-11-15-29/h5,17-21,29H,2,4,6-16H2,1,3H3/t17?,18-,19+,20-,21-,25+/m1/s1. The van der Waals surface area contributed by atoms with Gasteiger partial charge in [0.25, 0.3) is 0 Å². The number of alkyl halides is 1. The highest BCUT2D eigenvalue weighted by Gasteiger charge is 2.76. The maximum Gasteiger partial charge on any atom is 0.312 e. The minimum Gasteiger partial charge on any atom is -0.466 e. The molecule has 2 amide bonds. The van der Waals surface area contributed by atoms with Crippen LogP contribution in [0, 0.1) is 11.8 Å². The Kier molecular flexibility index (Phi) is 9.57. The van der Waals surface area contributed by atoms with Gasteiger partial charge in [0.1, 0.15) is 11.6 Å². The van der Waals surface area contributed by atoms with Crippen molar-refractivity contribution in [1.29, 1.82) is 0 Å². The predicted molar refractivity (Wildman–Crippen MR) is 131 cm³/mol. The number of fused-ring (bicyclic) bond motifs is 1. The number of carbonyl (C=O) groups excluding carboxylic acids is 3. The van der Waals surface area contributed by atoms with E-state index in [2.05, 4.69) is 29.4 Å². The Morgan fingerprint density at radius 1 is 1.29 bits per heavy atom. The van der Waals surface area contributed by atoms with Crippen molar-refractivity contribution in [3.8, 4) is 0 Å². The first-order chi connectivity index (χ1) is 16.4. The number of halogens is 1. The molecule has 1 spiro atoms. The second-order valence-electron chi connectivity index (χ2n) is 9.51. The van der Waals surface area contributed by atoms with Crippen LogP contribution in [0.2, 0.25) is 0 Å². The molecule has 0 aromatic rings. The molecule has 3 aliphatic heterocycles. The van der Waals surface area contributed by atoms with Crippen LogP contribution >= 0.6 is 15.9 Å². The normalized spacial score (nSPS) is 31.6. The van der Waals surface area contributed by atoms with Gasteiger partial charge in [-0.2, -0.15) is 0 Å². The van der Waals surface area contributed by atoms with E-state index in [-0.39, 0.29) is 29.9 Å². The van der Waals surface area contributed by atoms with Gasteiger partial charge in [-0.25, -0.2) is 0 Å². The predicted octanol–water partition coefficient (Wildman–Crippen LogP) is 2.66. The molecule has 0 radical (unpaired) electrons. The third kappa shape index (κ3) is 4.93. The molecule has 1 unspecified atom stereocenters. The third-order valence-corrected chi connectivity index (χ3v) is 8.18. The van der Waals surface area contributed by atoms with E-state index < -0.39 is 35.6 Å². The van der Waals surface area contributed by atoms with Gasteiger partial charge < -0.3 is 24.4 Å². The van der Waals surface area contributed by atoms with Gasteiger partial charge in [0.05, 0.1) is 24.5 Å². The first-order valence-corrected chi connectivity index (χ1v) is 13.6. The average Bonchev–Trinajstić information content (AvgIpc) is 3.40. The molecule has 3 aliphatic rings. The molecule has 3 saturated heterocycles. The van der Waals surface area contributed by atoms with Gasteiger partial charge in [-0.1, -0.05) is 48.2 Å². The fraction of sp³-hybridized carbons (Fsp3) is 0.800. The number of amides is 2. The summed E-state index contributed by atoms with van der Waals surface area (Å²) in [5.41, 5.74) is -1.04. The van der Waals surface area contributed by atoms with Crippen molar-refractivity contribution in [3.63, 3.8) is 0 Å². The van der Waals surface area contributed by atoms with Crippen LogP contribution < -0.4 is 0 Å². The van der Waals surface area contributed by atoms with Crippen molar-refractivity contribution in [3.05, 3.63) is 12.7 Å². The summed E-state index contributed by atoms with van der Waals surface area (Å²) in [6.45, 7) is 9.41. The lowest BCUT2D eigenvalue weighted by Gasteiger charge is -2.37. The molecule has 9 heteroatoms.